The number of hydrogen-bond acceptors (Lipinski definition) is 5. The van der Waals surface area contributed by atoms with Gasteiger partial charge in [-0.1, -0.05) is 11.3 Å². The first-order chi connectivity index (χ1) is 7.25. The number of anilines is 1. The summed E-state index contributed by atoms with van der Waals surface area (Å²) in [6, 6.07) is 0. The molecule has 0 radical (unpaired) electrons. The first-order valence-electron chi connectivity index (χ1n) is 4.44. The molecule has 0 aliphatic heterocycles. The zero-order valence-corrected chi connectivity index (χ0v) is 8.97. The van der Waals surface area contributed by atoms with Crippen LogP contribution in [0, 0.1) is 6.92 Å². The van der Waals surface area contributed by atoms with Gasteiger partial charge >= 0.3 is 4.87 Å². The van der Waals surface area contributed by atoms with Crippen molar-refractivity contribution in [2.24, 2.45) is 0 Å². The lowest BCUT2D eigenvalue weighted by Gasteiger charge is -2.05. The summed E-state index contributed by atoms with van der Waals surface area (Å²) >= 11 is 1.16. The molecule has 78 valence electrons. The number of H-pyrrole nitrogens is 1. The normalized spacial score (nSPS) is 10.2. The summed E-state index contributed by atoms with van der Waals surface area (Å²) in [4.78, 5) is 21.8. The third-order valence-corrected chi connectivity index (χ3v) is 2.62. The minimum Gasteiger partial charge on any atom is -0.363 e. The Kier molecular flexibility index (Phi) is 2.77. The topological polar surface area (TPSA) is 70.7 Å². The molecule has 0 aromatic carbocycles. The van der Waals surface area contributed by atoms with Gasteiger partial charge in [-0.05, 0) is 6.92 Å². The van der Waals surface area contributed by atoms with E-state index in [2.05, 4.69) is 20.3 Å². The highest BCUT2D eigenvalue weighted by Crippen LogP contribution is 2.07. The lowest BCUT2D eigenvalue weighted by molar-refractivity contribution is 1.01. The number of thiazole rings is 1. The molecule has 0 saturated carbocycles. The second-order valence-electron chi connectivity index (χ2n) is 3.02. The van der Waals surface area contributed by atoms with Gasteiger partial charge in [0.15, 0.2) is 0 Å². The SMILES string of the molecule is Cc1nccnc1NCc1csc(=O)[nH]1. The van der Waals surface area contributed by atoms with Crippen LogP contribution in [0.5, 0.6) is 0 Å². The predicted molar refractivity (Wildman–Crippen MR) is 59.0 cm³/mol. The van der Waals surface area contributed by atoms with E-state index in [4.69, 9.17) is 0 Å². The summed E-state index contributed by atoms with van der Waals surface area (Å²) in [6.07, 6.45) is 3.28. The van der Waals surface area contributed by atoms with Crippen LogP contribution in [0.4, 0.5) is 5.82 Å². The van der Waals surface area contributed by atoms with Gasteiger partial charge in [-0.3, -0.25) is 9.78 Å². The van der Waals surface area contributed by atoms with E-state index in [1.165, 1.54) is 0 Å². The van der Waals surface area contributed by atoms with Crippen molar-refractivity contribution in [1.82, 2.24) is 15.0 Å². The van der Waals surface area contributed by atoms with Gasteiger partial charge in [0.05, 0.1) is 12.2 Å². The summed E-state index contributed by atoms with van der Waals surface area (Å²) < 4.78 is 0. The molecule has 15 heavy (non-hydrogen) atoms. The second kappa shape index (κ2) is 4.22. The van der Waals surface area contributed by atoms with Gasteiger partial charge in [0.25, 0.3) is 0 Å². The molecule has 0 atom stereocenters. The van der Waals surface area contributed by atoms with E-state index in [1.54, 1.807) is 17.8 Å². The number of hydrogen-bond donors (Lipinski definition) is 2. The van der Waals surface area contributed by atoms with Crippen molar-refractivity contribution in [2.45, 2.75) is 13.5 Å². The Bertz CT molecular complexity index is 505. The first-order valence-corrected chi connectivity index (χ1v) is 5.32. The van der Waals surface area contributed by atoms with Crippen molar-refractivity contribution < 1.29 is 0 Å². The summed E-state index contributed by atoms with van der Waals surface area (Å²) in [6.45, 7) is 2.43. The maximum absolute atomic E-state index is 10.9. The van der Waals surface area contributed by atoms with Crippen LogP contribution in [0.3, 0.4) is 0 Å². The van der Waals surface area contributed by atoms with Crippen molar-refractivity contribution in [1.29, 1.82) is 0 Å². The van der Waals surface area contributed by atoms with E-state index >= 15 is 0 Å². The molecule has 2 N–H and O–H groups in total. The first kappa shape index (κ1) is 9.85. The Morgan fingerprint density at radius 2 is 2.27 bits per heavy atom. The predicted octanol–water partition coefficient (Wildman–Crippen LogP) is 1.15. The van der Waals surface area contributed by atoms with Crippen LogP contribution in [0.15, 0.2) is 22.6 Å². The molecule has 0 aliphatic rings. The van der Waals surface area contributed by atoms with Crippen molar-refractivity contribution in [3.8, 4) is 0 Å². The molecule has 0 spiro atoms. The maximum Gasteiger partial charge on any atom is 0.304 e. The molecule has 6 heteroatoms. The van der Waals surface area contributed by atoms with Crippen molar-refractivity contribution in [2.75, 3.05) is 5.32 Å². The van der Waals surface area contributed by atoms with E-state index in [0.29, 0.717) is 6.54 Å². The molecule has 0 unspecified atom stereocenters. The number of nitrogens with zero attached hydrogens (tertiary/aromatic N) is 2. The van der Waals surface area contributed by atoms with Gasteiger partial charge in [0.2, 0.25) is 0 Å². The number of nitrogens with one attached hydrogen (secondary N) is 2. The molecule has 0 bridgehead atoms. The van der Waals surface area contributed by atoms with Crippen molar-refractivity contribution in [3.05, 3.63) is 38.8 Å². The third-order valence-electron chi connectivity index (χ3n) is 1.90. The molecule has 0 aliphatic carbocycles. The van der Waals surface area contributed by atoms with Crippen LogP contribution in [-0.4, -0.2) is 15.0 Å². The van der Waals surface area contributed by atoms with Gasteiger partial charge in [-0.2, -0.15) is 0 Å². The highest BCUT2D eigenvalue weighted by atomic mass is 32.1. The lowest BCUT2D eigenvalue weighted by Crippen LogP contribution is -2.05. The van der Waals surface area contributed by atoms with Gasteiger partial charge in [-0.15, -0.1) is 0 Å². The molecule has 2 aromatic rings. The Labute approximate surface area is 90.2 Å². The number of aryl methyl sites for hydroxylation is 1. The van der Waals surface area contributed by atoms with Gasteiger partial charge in [-0.25, -0.2) is 4.98 Å². The molecule has 0 amide bonds. The number of aromatic nitrogens is 3. The Balaban J connectivity index is 2.05. The van der Waals surface area contributed by atoms with Crippen LogP contribution in [0.2, 0.25) is 0 Å². The summed E-state index contributed by atoms with van der Waals surface area (Å²) in [5.74, 6) is 0.740. The zero-order chi connectivity index (χ0) is 10.7. The van der Waals surface area contributed by atoms with Crippen molar-refractivity contribution >= 4 is 17.2 Å². The smallest absolute Gasteiger partial charge is 0.304 e. The van der Waals surface area contributed by atoms with Crippen LogP contribution in [-0.2, 0) is 6.54 Å². The Morgan fingerprint density at radius 1 is 1.47 bits per heavy atom. The standard InChI is InChI=1S/C9H10N4OS/c1-6-8(11-3-2-10-6)12-4-7-5-15-9(14)13-7/h2-3,5H,4H2,1H3,(H,11,12)(H,13,14). The molecule has 5 nitrogen and oxygen atoms in total. The van der Waals surface area contributed by atoms with Crippen LogP contribution < -0.4 is 10.2 Å². The van der Waals surface area contributed by atoms with E-state index in [9.17, 15) is 4.79 Å². The van der Waals surface area contributed by atoms with E-state index in [1.807, 2.05) is 6.92 Å². The Morgan fingerprint density at radius 3 is 2.93 bits per heavy atom. The summed E-state index contributed by atoms with van der Waals surface area (Å²) in [7, 11) is 0. The molecule has 2 rings (SSSR count). The molecular formula is C9H10N4OS. The number of rotatable bonds is 3. The van der Waals surface area contributed by atoms with Gasteiger partial charge in [0.1, 0.15) is 5.82 Å². The highest BCUT2D eigenvalue weighted by Gasteiger charge is 2.00. The monoisotopic (exact) mass is 222 g/mol. The maximum atomic E-state index is 10.9. The molecular weight excluding hydrogens is 212 g/mol. The fourth-order valence-electron chi connectivity index (χ4n) is 1.16. The van der Waals surface area contributed by atoms with E-state index in [0.717, 1.165) is 28.5 Å². The fourth-order valence-corrected chi connectivity index (χ4v) is 1.74. The molecule has 2 aromatic heterocycles. The van der Waals surface area contributed by atoms with Gasteiger partial charge in [0, 0.05) is 23.5 Å². The third kappa shape index (κ3) is 2.41. The second-order valence-corrected chi connectivity index (χ2v) is 3.86. The fraction of sp³-hybridized carbons (Fsp3) is 0.222. The van der Waals surface area contributed by atoms with Gasteiger partial charge < -0.3 is 10.3 Å². The zero-order valence-electron chi connectivity index (χ0n) is 8.15. The summed E-state index contributed by atoms with van der Waals surface area (Å²) in [5, 5.41) is 4.90. The van der Waals surface area contributed by atoms with Crippen LogP contribution in [0.1, 0.15) is 11.4 Å². The van der Waals surface area contributed by atoms with Crippen LogP contribution >= 0.6 is 11.3 Å². The minimum atomic E-state index is -0.0392. The van der Waals surface area contributed by atoms with E-state index in [-0.39, 0.29) is 4.87 Å². The average Bonchev–Trinajstić information content (AvgIpc) is 2.63. The largest absolute Gasteiger partial charge is 0.363 e. The minimum absolute atomic E-state index is 0.0392. The molecule has 0 saturated heterocycles. The Hall–Kier alpha value is -1.69. The van der Waals surface area contributed by atoms with E-state index < -0.39 is 0 Å². The number of aromatic amines is 1. The lowest BCUT2D eigenvalue weighted by atomic mass is 10.4. The average molecular weight is 222 g/mol. The van der Waals surface area contributed by atoms with Crippen molar-refractivity contribution in [3.63, 3.8) is 0 Å². The highest BCUT2D eigenvalue weighted by molar-refractivity contribution is 7.07. The molecule has 0 fully saturated rings. The molecule has 2 heterocycles. The summed E-state index contributed by atoms with van der Waals surface area (Å²) in [5.41, 5.74) is 1.70. The quantitative estimate of drug-likeness (QED) is 0.817. The van der Waals surface area contributed by atoms with Crippen LogP contribution in [0.25, 0.3) is 0 Å².